The molecule has 8 nitrogen and oxygen atoms in total. The highest BCUT2D eigenvalue weighted by Gasteiger charge is 2.21. The number of carbonyl (C=O) groups excluding carboxylic acids is 3. The number of carboxylic acids is 1. The molecule has 0 aromatic carbocycles. The van der Waals surface area contributed by atoms with Crippen LogP contribution in [-0.4, -0.2) is 41.4 Å². The Labute approximate surface area is 104 Å². The number of hydrogen-bond donors (Lipinski definition) is 4. The number of primary amides is 1. The molecule has 0 unspecified atom stereocenters. The summed E-state index contributed by atoms with van der Waals surface area (Å²) in [6, 6.07) is -0.979. The molecule has 0 fully saturated rings. The molecule has 102 valence electrons. The first-order valence-corrected chi connectivity index (χ1v) is 5.44. The third-order valence-electron chi connectivity index (χ3n) is 2.06. The van der Waals surface area contributed by atoms with Crippen LogP contribution in [0.3, 0.4) is 0 Å². The van der Waals surface area contributed by atoms with E-state index in [1.54, 1.807) is 6.92 Å². The minimum Gasteiger partial charge on any atom is -0.481 e. The van der Waals surface area contributed by atoms with Crippen LogP contribution < -0.4 is 16.4 Å². The Balaban J connectivity index is 4.42. The van der Waals surface area contributed by atoms with Crippen LogP contribution in [0, 0.1) is 0 Å². The Bertz CT molecular complexity index is 342. The van der Waals surface area contributed by atoms with E-state index in [1.165, 1.54) is 0 Å². The van der Waals surface area contributed by atoms with Gasteiger partial charge in [-0.1, -0.05) is 6.92 Å². The molecule has 0 heterocycles. The monoisotopic (exact) mass is 259 g/mol. The zero-order valence-electron chi connectivity index (χ0n) is 10.1. The predicted octanol–water partition coefficient (Wildman–Crippen LogP) is -1.65. The lowest BCUT2D eigenvalue weighted by Gasteiger charge is -2.16. The van der Waals surface area contributed by atoms with E-state index in [2.05, 4.69) is 10.6 Å². The van der Waals surface area contributed by atoms with Crippen molar-refractivity contribution in [3.8, 4) is 0 Å². The molecule has 1 atom stereocenters. The largest absolute Gasteiger partial charge is 0.481 e. The van der Waals surface area contributed by atoms with Crippen LogP contribution in [0.15, 0.2) is 0 Å². The summed E-state index contributed by atoms with van der Waals surface area (Å²) in [7, 11) is 0. The summed E-state index contributed by atoms with van der Waals surface area (Å²) in [5, 5.41) is 13.1. The summed E-state index contributed by atoms with van der Waals surface area (Å²) in [6.45, 7) is 1.25. The van der Waals surface area contributed by atoms with Gasteiger partial charge in [-0.05, 0) is 6.42 Å². The minimum atomic E-state index is -1.08. The lowest BCUT2D eigenvalue weighted by molar-refractivity contribution is -0.138. The molecule has 0 saturated heterocycles. The van der Waals surface area contributed by atoms with Crippen LogP contribution in [-0.2, 0) is 19.2 Å². The second kappa shape index (κ2) is 8.04. The number of carboxylic acid groups (broad SMARTS) is 1. The number of nitrogens with one attached hydrogen (secondary N) is 2. The van der Waals surface area contributed by atoms with E-state index in [4.69, 9.17) is 10.8 Å². The molecule has 0 aliphatic rings. The summed E-state index contributed by atoms with van der Waals surface area (Å²) in [5.41, 5.74) is 4.86. The fourth-order valence-electron chi connectivity index (χ4n) is 1.13. The van der Waals surface area contributed by atoms with Gasteiger partial charge in [-0.25, -0.2) is 0 Å². The average Bonchev–Trinajstić information content (AvgIpc) is 2.30. The third kappa shape index (κ3) is 7.20. The average molecular weight is 259 g/mol. The summed E-state index contributed by atoms with van der Waals surface area (Å²) < 4.78 is 0. The molecule has 0 aromatic heterocycles. The fourth-order valence-corrected chi connectivity index (χ4v) is 1.13. The maximum atomic E-state index is 11.6. The lowest BCUT2D eigenvalue weighted by atomic mass is 10.1. The molecule has 3 amide bonds. The van der Waals surface area contributed by atoms with Crippen molar-refractivity contribution in [3.63, 3.8) is 0 Å². The van der Waals surface area contributed by atoms with E-state index in [0.717, 1.165) is 0 Å². The van der Waals surface area contributed by atoms with Gasteiger partial charge < -0.3 is 21.5 Å². The topological polar surface area (TPSA) is 139 Å². The van der Waals surface area contributed by atoms with E-state index in [0.29, 0.717) is 0 Å². The number of aliphatic carboxylic acids is 1. The van der Waals surface area contributed by atoms with Gasteiger partial charge in [0.15, 0.2) is 0 Å². The molecular formula is C10H17N3O5. The highest BCUT2D eigenvalue weighted by molar-refractivity contribution is 5.90. The summed E-state index contributed by atoms with van der Waals surface area (Å²) in [6.07, 6.45) is -0.142. The Morgan fingerprint density at radius 2 is 1.89 bits per heavy atom. The summed E-state index contributed by atoms with van der Waals surface area (Å²) >= 11 is 0. The molecule has 0 radical (unpaired) electrons. The Morgan fingerprint density at radius 1 is 1.28 bits per heavy atom. The Morgan fingerprint density at radius 3 is 2.33 bits per heavy atom. The van der Waals surface area contributed by atoms with Crippen LogP contribution in [0.5, 0.6) is 0 Å². The number of hydrogen-bond acceptors (Lipinski definition) is 4. The van der Waals surface area contributed by atoms with Gasteiger partial charge in [0.25, 0.3) is 0 Å². The Hall–Kier alpha value is -2.12. The molecule has 0 aromatic rings. The van der Waals surface area contributed by atoms with Crippen molar-refractivity contribution in [2.75, 3.05) is 6.54 Å². The second-order valence-electron chi connectivity index (χ2n) is 3.59. The summed E-state index contributed by atoms with van der Waals surface area (Å²) in [4.78, 5) is 43.7. The summed E-state index contributed by atoms with van der Waals surface area (Å²) in [5.74, 6) is -2.80. The van der Waals surface area contributed by atoms with Crippen LogP contribution in [0.25, 0.3) is 0 Å². The van der Waals surface area contributed by atoms with Gasteiger partial charge in [-0.2, -0.15) is 0 Å². The molecule has 0 spiro atoms. The molecule has 18 heavy (non-hydrogen) atoms. The van der Waals surface area contributed by atoms with Crippen molar-refractivity contribution >= 4 is 23.7 Å². The van der Waals surface area contributed by atoms with Crippen LogP contribution in [0.4, 0.5) is 0 Å². The second-order valence-corrected chi connectivity index (χ2v) is 3.59. The molecular weight excluding hydrogens is 242 g/mol. The quantitative estimate of drug-likeness (QED) is 0.413. The highest BCUT2D eigenvalue weighted by atomic mass is 16.4. The van der Waals surface area contributed by atoms with E-state index in [1.807, 2.05) is 0 Å². The maximum absolute atomic E-state index is 11.6. The van der Waals surface area contributed by atoms with Gasteiger partial charge in [0, 0.05) is 12.8 Å². The van der Waals surface area contributed by atoms with E-state index in [-0.39, 0.29) is 31.7 Å². The molecule has 5 N–H and O–H groups in total. The highest BCUT2D eigenvalue weighted by Crippen LogP contribution is 1.99. The van der Waals surface area contributed by atoms with Crippen LogP contribution in [0.1, 0.15) is 26.2 Å². The van der Waals surface area contributed by atoms with Crippen molar-refractivity contribution < 1.29 is 24.3 Å². The van der Waals surface area contributed by atoms with Crippen LogP contribution in [0.2, 0.25) is 0 Å². The van der Waals surface area contributed by atoms with Gasteiger partial charge in [0.05, 0.1) is 6.54 Å². The number of carbonyl (C=O) groups is 4. The predicted molar refractivity (Wildman–Crippen MR) is 61.3 cm³/mol. The van der Waals surface area contributed by atoms with E-state index < -0.39 is 23.8 Å². The standard InChI is InChI=1S/C10H17N3O5/c1-2-8(15)13-6(3-4-9(16)17)10(18)12-5-7(11)14/h6H,2-5H2,1H3,(H2,11,14)(H,12,18)(H,13,15)(H,16,17)/t6-/m0/s1. The normalized spacial score (nSPS) is 11.4. The molecule has 0 aliphatic carbocycles. The number of rotatable bonds is 8. The first kappa shape index (κ1) is 15.9. The van der Waals surface area contributed by atoms with Crippen molar-refractivity contribution in [1.29, 1.82) is 0 Å². The first-order valence-electron chi connectivity index (χ1n) is 5.44. The van der Waals surface area contributed by atoms with Crippen LogP contribution >= 0.6 is 0 Å². The number of nitrogens with two attached hydrogens (primary N) is 1. The number of amides is 3. The van der Waals surface area contributed by atoms with Gasteiger partial charge in [-0.15, -0.1) is 0 Å². The molecule has 0 bridgehead atoms. The molecule has 0 aliphatic heterocycles. The molecule has 0 saturated carbocycles. The van der Waals surface area contributed by atoms with E-state index >= 15 is 0 Å². The van der Waals surface area contributed by atoms with Crippen molar-refractivity contribution in [2.24, 2.45) is 5.73 Å². The molecule has 8 heteroatoms. The van der Waals surface area contributed by atoms with Gasteiger partial charge in [0.2, 0.25) is 17.7 Å². The molecule has 0 rings (SSSR count). The fraction of sp³-hybridized carbons (Fsp3) is 0.600. The smallest absolute Gasteiger partial charge is 0.303 e. The van der Waals surface area contributed by atoms with Crippen molar-refractivity contribution in [3.05, 3.63) is 0 Å². The van der Waals surface area contributed by atoms with Gasteiger partial charge in [0.1, 0.15) is 6.04 Å². The third-order valence-corrected chi connectivity index (χ3v) is 2.06. The SMILES string of the molecule is CCC(=O)N[C@@H](CCC(=O)O)C(=O)NCC(N)=O. The zero-order valence-corrected chi connectivity index (χ0v) is 10.1. The minimum absolute atomic E-state index is 0.0499. The van der Waals surface area contributed by atoms with Crippen molar-refractivity contribution in [2.45, 2.75) is 32.2 Å². The lowest BCUT2D eigenvalue weighted by Crippen LogP contribution is -2.48. The Kier molecular flexibility index (Phi) is 7.10. The van der Waals surface area contributed by atoms with Gasteiger partial charge in [-0.3, -0.25) is 19.2 Å². The maximum Gasteiger partial charge on any atom is 0.303 e. The van der Waals surface area contributed by atoms with Gasteiger partial charge >= 0.3 is 5.97 Å². The first-order chi connectivity index (χ1) is 8.36. The van der Waals surface area contributed by atoms with E-state index in [9.17, 15) is 19.2 Å². The van der Waals surface area contributed by atoms with Crippen molar-refractivity contribution in [1.82, 2.24) is 10.6 Å². The zero-order chi connectivity index (χ0) is 14.1.